The van der Waals surface area contributed by atoms with E-state index in [9.17, 15) is 14.4 Å². The minimum absolute atomic E-state index is 0.325. The van der Waals surface area contributed by atoms with Gasteiger partial charge in [0.05, 0.1) is 7.11 Å². The number of nitrogens with zero attached hydrogens (tertiary/aromatic N) is 1. The quantitative estimate of drug-likeness (QED) is 0.494. The van der Waals surface area contributed by atoms with Crippen LogP contribution in [0.2, 0.25) is 0 Å². The van der Waals surface area contributed by atoms with E-state index in [2.05, 4.69) is 5.32 Å². The summed E-state index contributed by atoms with van der Waals surface area (Å²) in [7, 11) is 3.23. The van der Waals surface area contributed by atoms with Crippen molar-refractivity contribution >= 4 is 23.9 Å². The highest BCUT2D eigenvalue weighted by molar-refractivity contribution is 5.94. The summed E-state index contributed by atoms with van der Waals surface area (Å²) >= 11 is 0. The largest absolute Gasteiger partial charge is 0.497 e. The third-order valence-corrected chi connectivity index (χ3v) is 4.69. The predicted octanol–water partition coefficient (Wildman–Crippen LogP) is 2.72. The minimum Gasteiger partial charge on any atom is -0.497 e. The van der Waals surface area contributed by atoms with E-state index in [4.69, 9.17) is 9.47 Å². The first-order valence-corrected chi connectivity index (χ1v) is 9.88. The Bertz CT molecular complexity index is 937. The predicted molar refractivity (Wildman–Crippen MR) is 118 cm³/mol. The molecule has 0 aliphatic heterocycles. The molecule has 2 aromatic carbocycles. The van der Waals surface area contributed by atoms with Crippen LogP contribution >= 0.6 is 0 Å². The number of carbonyl (C=O) groups is 3. The number of hydrogen-bond donors (Lipinski definition) is 1. The first-order valence-electron chi connectivity index (χ1n) is 9.88. The average molecular weight is 424 g/mol. The summed E-state index contributed by atoms with van der Waals surface area (Å²) < 4.78 is 10.1. The van der Waals surface area contributed by atoms with Crippen LogP contribution in [0.5, 0.6) is 5.75 Å². The molecule has 0 aromatic heterocycles. The van der Waals surface area contributed by atoms with Gasteiger partial charge in [-0.15, -0.1) is 0 Å². The molecule has 0 aliphatic carbocycles. The van der Waals surface area contributed by atoms with Crippen LogP contribution in [0.15, 0.2) is 54.6 Å². The molecule has 0 unspecified atom stereocenters. The van der Waals surface area contributed by atoms with Crippen LogP contribution in [0.25, 0.3) is 6.08 Å². The van der Waals surface area contributed by atoms with Crippen LogP contribution in [0, 0.1) is 6.92 Å². The summed E-state index contributed by atoms with van der Waals surface area (Å²) in [4.78, 5) is 37.9. The Morgan fingerprint density at radius 2 is 1.77 bits per heavy atom. The number of benzene rings is 2. The van der Waals surface area contributed by atoms with Crippen LogP contribution in [0.4, 0.5) is 0 Å². The van der Waals surface area contributed by atoms with Gasteiger partial charge < -0.3 is 19.7 Å². The lowest BCUT2D eigenvalue weighted by Crippen LogP contribution is -2.40. The van der Waals surface area contributed by atoms with Crippen LogP contribution in [0.1, 0.15) is 23.6 Å². The van der Waals surface area contributed by atoms with Gasteiger partial charge >= 0.3 is 5.97 Å². The molecule has 1 atom stereocenters. The van der Waals surface area contributed by atoms with Crippen LogP contribution in [-0.4, -0.2) is 49.5 Å². The van der Waals surface area contributed by atoms with Crippen molar-refractivity contribution in [3.63, 3.8) is 0 Å². The number of esters is 1. The van der Waals surface area contributed by atoms with E-state index in [1.54, 1.807) is 44.5 Å². The smallest absolute Gasteiger partial charge is 0.328 e. The van der Waals surface area contributed by atoms with E-state index in [1.807, 2.05) is 31.2 Å². The van der Waals surface area contributed by atoms with Gasteiger partial charge in [0.2, 0.25) is 5.91 Å². The Hall–Kier alpha value is -3.61. The highest BCUT2D eigenvalue weighted by Gasteiger charge is 2.19. The summed E-state index contributed by atoms with van der Waals surface area (Å²) in [6.07, 6.45) is 2.95. The number of hydrogen-bond acceptors (Lipinski definition) is 5. The fraction of sp³-hybridized carbons (Fsp3) is 0.292. The maximum absolute atomic E-state index is 12.3. The van der Waals surface area contributed by atoms with Crippen molar-refractivity contribution < 1.29 is 23.9 Å². The molecule has 31 heavy (non-hydrogen) atoms. The van der Waals surface area contributed by atoms with Crippen LogP contribution in [-0.2, 0) is 25.7 Å². The van der Waals surface area contributed by atoms with Crippen molar-refractivity contribution in [2.45, 2.75) is 26.4 Å². The van der Waals surface area contributed by atoms with Gasteiger partial charge in [-0.3, -0.25) is 9.59 Å². The number of likely N-dealkylation sites (N-methyl/N-ethyl adjacent to an activating group) is 1. The number of methoxy groups -OCH3 is 1. The standard InChI is InChI=1S/C24H28N2O5/c1-17-7-5-6-8-20(17)15-26(3)23(28)16-31-24(29)18(2)25-22(27)14-11-19-9-12-21(30-4)13-10-19/h5-14,18H,15-16H2,1-4H3,(H,25,27)/b14-11+/t18-/m0/s1. The molecule has 0 saturated carbocycles. The maximum atomic E-state index is 12.3. The summed E-state index contributed by atoms with van der Waals surface area (Å²) in [5, 5.41) is 2.52. The molecule has 0 fully saturated rings. The van der Waals surface area contributed by atoms with Crippen molar-refractivity contribution in [1.29, 1.82) is 0 Å². The summed E-state index contributed by atoms with van der Waals surface area (Å²) in [6.45, 7) is 3.51. The molecule has 7 nitrogen and oxygen atoms in total. The van der Waals surface area contributed by atoms with Gasteiger partial charge in [-0.05, 0) is 48.7 Å². The molecule has 2 rings (SSSR count). The summed E-state index contributed by atoms with van der Waals surface area (Å²) in [5.74, 6) is -0.723. The lowest BCUT2D eigenvalue weighted by Gasteiger charge is -2.19. The monoisotopic (exact) mass is 424 g/mol. The molecular weight excluding hydrogens is 396 g/mol. The zero-order valence-electron chi connectivity index (χ0n) is 18.3. The Labute approximate surface area is 182 Å². The fourth-order valence-electron chi connectivity index (χ4n) is 2.71. The topological polar surface area (TPSA) is 84.9 Å². The van der Waals surface area contributed by atoms with Crippen molar-refractivity contribution in [2.24, 2.45) is 0 Å². The van der Waals surface area contributed by atoms with Gasteiger partial charge in [-0.1, -0.05) is 36.4 Å². The zero-order valence-corrected chi connectivity index (χ0v) is 18.3. The van der Waals surface area contributed by atoms with Gasteiger partial charge in [0.25, 0.3) is 5.91 Å². The number of rotatable bonds is 9. The van der Waals surface area contributed by atoms with Crippen molar-refractivity contribution in [3.05, 3.63) is 71.3 Å². The third kappa shape index (κ3) is 7.62. The lowest BCUT2D eigenvalue weighted by atomic mass is 10.1. The van der Waals surface area contributed by atoms with E-state index in [1.165, 1.54) is 17.9 Å². The first-order chi connectivity index (χ1) is 14.8. The molecule has 1 N–H and O–H groups in total. The minimum atomic E-state index is -0.887. The third-order valence-electron chi connectivity index (χ3n) is 4.69. The Morgan fingerprint density at radius 3 is 2.42 bits per heavy atom. The molecule has 2 aromatic rings. The number of ether oxygens (including phenoxy) is 2. The van der Waals surface area contributed by atoms with Gasteiger partial charge in [0.1, 0.15) is 11.8 Å². The van der Waals surface area contributed by atoms with Crippen LogP contribution < -0.4 is 10.1 Å². The molecule has 0 bridgehead atoms. The Morgan fingerprint density at radius 1 is 1.10 bits per heavy atom. The van der Waals surface area contributed by atoms with Crippen LogP contribution in [0.3, 0.4) is 0 Å². The van der Waals surface area contributed by atoms with Crippen molar-refractivity contribution in [2.75, 3.05) is 20.8 Å². The Kier molecular flexibility index (Phi) is 8.81. The molecule has 0 radical (unpaired) electrons. The molecule has 2 amide bonds. The maximum Gasteiger partial charge on any atom is 0.328 e. The first kappa shape index (κ1) is 23.7. The lowest BCUT2D eigenvalue weighted by molar-refractivity contribution is -0.153. The highest BCUT2D eigenvalue weighted by atomic mass is 16.5. The normalized spacial score (nSPS) is 11.6. The molecule has 164 valence electrons. The second kappa shape index (κ2) is 11.5. The van der Waals surface area contributed by atoms with Crippen molar-refractivity contribution in [3.8, 4) is 5.75 Å². The second-order valence-electron chi connectivity index (χ2n) is 7.12. The summed E-state index contributed by atoms with van der Waals surface area (Å²) in [6, 6.07) is 14.1. The zero-order chi connectivity index (χ0) is 22.8. The molecule has 7 heteroatoms. The van der Waals surface area contributed by atoms with Crippen molar-refractivity contribution in [1.82, 2.24) is 10.2 Å². The fourth-order valence-corrected chi connectivity index (χ4v) is 2.71. The Balaban J connectivity index is 1.77. The van der Waals surface area contributed by atoms with E-state index < -0.39 is 17.9 Å². The van der Waals surface area contributed by atoms with E-state index in [0.29, 0.717) is 6.54 Å². The molecule has 0 saturated heterocycles. The van der Waals surface area contributed by atoms with E-state index in [-0.39, 0.29) is 12.5 Å². The van der Waals surface area contributed by atoms with Gasteiger partial charge in [-0.2, -0.15) is 0 Å². The molecule has 0 spiro atoms. The SMILES string of the molecule is COc1ccc(/C=C/C(=O)N[C@@H](C)C(=O)OCC(=O)N(C)Cc2ccccc2C)cc1. The highest BCUT2D eigenvalue weighted by Crippen LogP contribution is 2.12. The van der Waals surface area contributed by atoms with Gasteiger partial charge in [0.15, 0.2) is 6.61 Å². The second-order valence-corrected chi connectivity index (χ2v) is 7.12. The van der Waals surface area contributed by atoms with Gasteiger partial charge in [-0.25, -0.2) is 4.79 Å². The van der Waals surface area contributed by atoms with Gasteiger partial charge in [0, 0.05) is 19.7 Å². The number of aryl methyl sites for hydroxylation is 1. The number of nitrogens with one attached hydrogen (secondary N) is 1. The number of carbonyl (C=O) groups excluding carboxylic acids is 3. The average Bonchev–Trinajstić information content (AvgIpc) is 2.77. The molecular formula is C24H28N2O5. The van der Waals surface area contributed by atoms with E-state index in [0.717, 1.165) is 22.4 Å². The van der Waals surface area contributed by atoms with E-state index >= 15 is 0 Å². The number of amides is 2. The molecule has 0 aliphatic rings. The summed E-state index contributed by atoms with van der Waals surface area (Å²) in [5.41, 5.74) is 2.92. The molecule has 0 heterocycles.